The second-order valence-electron chi connectivity index (χ2n) is 4.42. The number of nitrogens with one attached hydrogen (secondary N) is 1. The Morgan fingerprint density at radius 2 is 1.67 bits per heavy atom. The number of alkyl halides is 3. The summed E-state index contributed by atoms with van der Waals surface area (Å²) in [5.74, 6) is 0. The Morgan fingerprint density at radius 3 is 1.87 bits per heavy atom. The zero-order valence-corrected chi connectivity index (χ0v) is 9.81. The van der Waals surface area contributed by atoms with Crippen LogP contribution < -0.4 is 0 Å². The number of nitrogens with zero attached hydrogens (tertiary/aromatic N) is 1. The molecule has 0 aliphatic rings. The molecule has 86 valence electrons. The predicted octanol–water partition coefficient (Wildman–Crippen LogP) is 3.63. The summed E-state index contributed by atoms with van der Waals surface area (Å²) in [7, 11) is 0. The van der Waals surface area contributed by atoms with Crippen LogP contribution >= 0.6 is 12.2 Å². The van der Waals surface area contributed by atoms with E-state index < -0.39 is 17.4 Å². The number of rotatable bonds is 0. The van der Waals surface area contributed by atoms with Gasteiger partial charge in [-0.15, -0.1) is 0 Å². The molecule has 1 rings (SSSR count). The molecule has 1 heterocycles. The van der Waals surface area contributed by atoms with Gasteiger partial charge in [0.25, 0.3) is 0 Å². The summed E-state index contributed by atoms with van der Waals surface area (Å²) in [6, 6.07) is 0. The van der Waals surface area contributed by atoms with E-state index in [2.05, 4.69) is 5.10 Å². The highest BCUT2D eigenvalue weighted by molar-refractivity contribution is 7.71. The van der Waals surface area contributed by atoms with Gasteiger partial charge in [0.1, 0.15) is 10.3 Å². The van der Waals surface area contributed by atoms with Crippen molar-refractivity contribution in [2.75, 3.05) is 0 Å². The van der Waals surface area contributed by atoms with Gasteiger partial charge in [0.15, 0.2) is 0 Å². The molecular formula is C9H13F3N2S. The molecule has 0 saturated carbocycles. The van der Waals surface area contributed by atoms with Gasteiger partial charge >= 0.3 is 6.18 Å². The molecule has 0 aliphatic carbocycles. The van der Waals surface area contributed by atoms with Crippen molar-refractivity contribution in [1.29, 1.82) is 0 Å². The van der Waals surface area contributed by atoms with E-state index in [-0.39, 0.29) is 10.2 Å². The first-order valence-electron chi connectivity index (χ1n) is 4.44. The maximum Gasteiger partial charge on any atom is 0.433 e. The second kappa shape index (κ2) is 3.37. The summed E-state index contributed by atoms with van der Waals surface area (Å²) in [5.41, 5.74) is -1.17. The fourth-order valence-electron chi connectivity index (χ4n) is 1.27. The SMILES string of the molecule is Cc1c(C(F)(F)F)[nH]n(C(C)(C)C)c1=S. The molecule has 15 heavy (non-hydrogen) atoms. The molecule has 0 amide bonds. The summed E-state index contributed by atoms with van der Waals surface area (Å²) in [4.78, 5) is 0. The molecular weight excluding hydrogens is 225 g/mol. The summed E-state index contributed by atoms with van der Waals surface area (Å²) < 4.78 is 39.2. The summed E-state index contributed by atoms with van der Waals surface area (Å²) in [6.45, 7) is 6.75. The van der Waals surface area contributed by atoms with E-state index in [1.165, 1.54) is 11.6 Å². The Labute approximate surface area is 91.1 Å². The van der Waals surface area contributed by atoms with Crippen LogP contribution in [0.2, 0.25) is 0 Å². The summed E-state index contributed by atoms with van der Waals surface area (Å²) in [5, 5.41) is 2.32. The third-order valence-corrected chi connectivity index (χ3v) is 2.57. The van der Waals surface area contributed by atoms with E-state index in [1.807, 2.05) is 0 Å². The van der Waals surface area contributed by atoms with E-state index in [0.717, 1.165) is 0 Å². The van der Waals surface area contributed by atoms with Crippen molar-refractivity contribution in [3.8, 4) is 0 Å². The standard InChI is InChI=1S/C9H13F3N2S/c1-5-6(9(10,11)12)13-14(7(5)15)8(2,3)4/h13H,1-4H3. The second-order valence-corrected chi connectivity index (χ2v) is 4.81. The zero-order valence-electron chi connectivity index (χ0n) is 8.99. The fraction of sp³-hybridized carbons (Fsp3) is 0.667. The number of aromatic amines is 1. The van der Waals surface area contributed by atoms with Gasteiger partial charge in [0.2, 0.25) is 0 Å². The largest absolute Gasteiger partial charge is 0.433 e. The smallest absolute Gasteiger partial charge is 0.292 e. The van der Waals surface area contributed by atoms with Crippen molar-refractivity contribution in [1.82, 2.24) is 9.78 Å². The van der Waals surface area contributed by atoms with Crippen LogP contribution in [0.1, 0.15) is 32.0 Å². The van der Waals surface area contributed by atoms with Gasteiger partial charge < -0.3 is 0 Å². The Balaban J connectivity index is 3.45. The van der Waals surface area contributed by atoms with Crippen LogP contribution in [0.4, 0.5) is 13.2 Å². The van der Waals surface area contributed by atoms with Crippen LogP contribution in [0.15, 0.2) is 0 Å². The third kappa shape index (κ3) is 2.25. The van der Waals surface area contributed by atoms with E-state index in [1.54, 1.807) is 20.8 Å². The molecule has 0 fully saturated rings. The highest BCUT2D eigenvalue weighted by Gasteiger charge is 2.36. The molecule has 0 saturated heterocycles. The molecule has 6 heteroatoms. The van der Waals surface area contributed by atoms with Crippen LogP contribution in [-0.4, -0.2) is 9.78 Å². The van der Waals surface area contributed by atoms with Crippen molar-refractivity contribution in [2.24, 2.45) is 0 Å². The minimum absolute atomic E-state index is 0.0763. The van der Waals surface area contributed by atoms with Crippen molar-refractivity contribution < 1.29 is 13.2 Å². The van der Waals surface area contributed by atoms with Crippen LogP contribution in [-0.2, 0) is 11.7 Å². The Hall–Kier alpha value is -0.780. The third-order valence-electron chi connectivity index (χ3n) is 2.08. The molecule has 2 nitrogen and oxygen atoms in total. The van der Waals surface area contributed by atoms with Gasteiger partial charge in [-0.05, 0) is 27.7 Å². The molecule has 0 bridgehead atoms. The van der Waals surface area contributed by atoms with Crippen molar-refractivity contribution >= 4 is 12.2 Å². The van der Waals surface area contributed by atoms with Gasteiger partial charge in [-0.1, -0.05) is 12.2 Å². The van der Waals surface area contributed by atoms with Gasteiger partial charge in [0.05, 0.1) is 5.54 Å². The van der Waals surface area contributed by atoms with Gasteiger partial charge in [-0.25, -0.2) is 0 Å². The van der Waals surface area contributed by atoms with E-state index >= 15 is 0 Å². The molecule has 0 aromatic carbocycles. The van der Waals surface area contributed by atoms with Gasteiger partial charge in [-0.3, -0.25) is 9.78 Å². The topological polar surface area (TPSA) is 20.7 Å². The normalized spacial score (nSPS) is 13.3. The Morgan fingerprint density at radius 1 is 1.20 bits per heavy atom. The Kier molecular flexibility index (Phi) is 2.76. The predicted molar refractivity (Wildman–Crippen MR) is 54.4 cm³/mol. The van der Waals surface area contributed by atoms with E-state index in [0.29, 0.717) is 0 Å². The quantitative estimate of drug-likeness (QED) is 0.684. The lowest BCUT2D eigenvalue weighted by Gasteiger charge is -2.20. The number of aromatic nitrogens is 2. The maximum absolute atomic E-state index is 12.5. The monoisotopic (exact) mass is 238 g/mol. The number of hydrogen-bond acceptors (Lipinski definition) is 1. The lowest BCUT2D eigenvalue weighted by molar-refractivity contribution is -0.142. The fourth-order valence-corrected chi connectivity index (χ4v) is 1.69. The molecule has 0 unspecified atom stereocenters. The number of hydrogen-bond donors (Lipinski definition) is 1. The molecule has 0 radical (unpaired) electrons. The minimum Gasteiger partial charge on any atom is -0.292 e. The molecule has 1 aromatic heterocycles. The number of H-pyrrole nitrogens is 1. The Bertz CT molecular complexity index is 420. The van der Waals surface area contributed by atoms with Crippen molar-refractivity contribution in [2.45, 2.75) is 39.4 Å². The van der Waals surface area contributed by atoms with Gasteiger partial charge in [0, 0.05) is 5.56 Å². The van der Waals surface area contributed by atoms with Crippen LogP contribution in [0.3, 0.4) is 0 Å². The number of halogens is 3. The van der Waals surface area contributed by atoms with Crippen LogP contribution in [0.5, 0.6) is 0 Å². The van der Waals surface area contributed by atoms with Crippen LogP contribution in [0.25, 0.3) is 0 Å². The van der Waals surface area contributed by atoms with E-state index in [9.17, 15) is 13.2 Å². The van der Waals surface area contributed by atoms with Crippen molar-refractivity contribution in [3.63, 3.8) is 0 Å². The molecule has 1 aromatic rings. The summed E-state index contributed by atoms with van der Waals surface area (Å²) in [6.07, 6.45) is -4.38. The molecule has 0 spiro atoms. The minimum atomic E-state index is -4.38. The van der Waals surface area contributed by atoms with E-state index in [4.69, 9.17) is 12.2 Å². The summed E-state index contributed by atoms with van der Waals surface area (Å²) >= 11 is 4.96. The first-order chi connectivity index (χ1) is 6.55. The first kappa shape index (κ1) is 12.3. The maximum atomic E-state index is 12.5. The van der Waals surface area contributed by atoms with Crippen LogP contribution in [0, 0.1) is 11.6 Å². The molecule has 0 aliphatic heterocycles. The zero-order chi connectivity index (χ0) is 12.0. The highest BCUT2D eigenvalue weighted by Crippen LogP contribution is 2.32. The molecule has 0 atom stereocenters. The highest BCUT2D eigenvalue weighted by atomic mass is 32.1. The lowest BCUT2D eigenvalue weighted by Crippen LogP contribution is -2.24. The first-order valence-corrected chi connectivity index (χ1v) is 4.85. The lowest BCUT2D eigenvalue weighted by atomic mass is 10.1. The molecule has 1 N–H and O–H groups in total. The van der Waals surface area contributed by atoms with Gasteiger partial charge in [-0.2, -0.15) is 13.2 Å². The van der Waals surface area contributed by atoms with Crippen molar-refractivity contribution in [3.05, 3.63) is 15.9 Å². The average molecular weight is 238 g/mol. The average Bonchev–Trinajstić information content (AvgIpc) is 2.26.